The van der Waals surface area contributed by atoms with Crippen molar-refractivity contribution in [3.63, 3.8) is 0 Å². The summed E-state index contributed by atoms with van der Waals surface area (Å²) in [6.45, 7) is 8.84. The second kappa shape index (κ2) is 7.50. The molecule has 3 heteroatoms. The van der Waals surface area contributed by atoms with Gasteiger partial charge in [0.2, 0.25) is 0 Å². The lowest BCUT2D eigenvalue weighted by Gasteiger charge is -2.23. The molecule has 94 valence electrons. The molecule has 2 nitrogen and oxygen atoms in total. The molecule has 0 fully saturated rings. The van der Waals surface area contributed by atoms with Gasteiger partial charge in [-0.1, -0.05) is 18.8 Å². The molecule has 0 aliphatic rings. The van der Waals surface area contributed by atoms with Crippen LogP contribution in [0.5, 0.6) is 0 Å². The number of aliphatic hydroxyl groups is 1. The Hall–Kier alpha value is -0.820. The minimum absolute atomic E-state index is 0.140. The molecule has 0 aromatic carbocycles. The molecule has 1 aromatic rings. The maximum atomic E-state index is 8.65. The fraction of sp³-hybridized carbons (Fsp3) is 0.571. The number of nitrogens with zero attached hydrogens (tertiary/aromatic N) is 1. The van der Waals surface area contributed by atoms with E-state index in [9.17, 15) is 0 Å². The van der Waals surface area contributed by atoms with E-state index < -0.39 is 0 Å². The normalized spacial score (nSPS) is 10.7. The van der Waals surface area contributed by atoms with Crippen LogP contribution in [0.2, 0.25) is 0 Å². The van der Waals surface area contributed by atoms with Crippen LogP contribution in [-0.2, 0) is 6.54 Å². The minimum Gasteiger partial charge on any atom is -0.395 e. The van der Waals surface area contributed by atoms with Gasteiger partial charge in [-0.2, -0.15) is 0 Å². The van der Waals surface area contributed by atoms with Gasteiger partial charge in [-0.15, -0.1) is 11.3 Å². The van der Waals surface area contributed by atoms with Crippen molar-refractivity contribution in [3.8, 4) is 11.8 Å². The maximum absolute atomic E-state index is 8.65. The summed E-state index contributed by atoms with van der Waals surface area (Å²) in [5, 5.41) is 10.7. The van der Waals surface area contributed by atoms with Crippen LogP contribution in [0.4, 0.5) is 0 Å². The van der Waals surface area contributed by atoms with Crippen LogP contribution in [0.3, 0.4) is 0 Å². The van der Waals surface area contributed by atoms with Gasteiger partial charge in [0.1, 0.15) is 0 Å². The van der Waals surface area contributed by atoms with Crippen LogP contribution in [-0.4, -0.2) is 29.2 Å². The van der Waals surface area contributed by atoms with E-state index >= 15 is 0 Å². The Kier molecular flexibility index (Phi) is 6.28. The summed E-state index contributed by atoms with van der Waals surface area (Å²) >= 11 is 1.76. The van der Waals surface area contributed by atoms with Crippen LogP contribution in [0.25, 0.3) is 0 Å². The Morgan fingerprint density at radius 1 is 1.47 bits per heavy atom. The highest BCUT2D eigenvalue weighted by Gasteiger charge is 2.08. The Labute approximate surface area is 108 Å². The van der Waals surface area contributed by atoms with E-state index in [0.29, 0.717) is 12.5 Å². The topological polar surface area (TPSA) is 23.5 Å². The molecular weight excluding hydrogens is 230 g/mol. The first-order chi connectivity index (χ1) is 8.17. The van der Waals surface area contributed by atoms with Crippen molar-refractivity contribution in [1.82, 2.24) is 4.90 Å². The molecule has 1 rings (SSSR count). The van der Waals surface area contributed by atoms with E-state index in [4.69, 9.17) is 5.11 Å². The van der Waals surface area contributed by atoms with E-state index in [1.807, 2.05) is 0 Å². The average molecular weight is 251 g/mol. The molecule has 0 saturated heterocycles. The van der Waals surface area contributed by atoms with E-state index in [0.717, 1.165) is 18.7 Å². The molecule has 0 bridgehead atoms. The second-order valence-electron chi connectivity index (χ2n) is 4.23. The highest BCUT2D eigenvalue weighted by molar-refractivity contribution is 7.10. The van der Waals surface area contributed by atoms with Crippen molar-refractivity contribution in [2.75, 3.05) is 13.2 Å². The van der Waals surface area contributed by atoms with E-state index in [1.54, 1.807) is 11.3 Å². The molecule has 1 aromatic heterocycles. The number of thiophene rings is 1. The van der Waals surface area contributed by atoms with Gasteiger partial charge in [-0.3, -0.25) is 4.90 Å². The maximum Gasteiger partial charge on any atom is 0.0540 e. The molecule has 0 saturated carbocycles. The van der Waals surface area contributed by atoms with E-state index in [-0.39, 0.29) is 6.61 Å². The predicted molar refractivity (Wildman–Crippen MR) is 74.1 cm³/mol. The molecule has 1 N–H and O–H groups in total. The molecule has 0 atom stereocenters. The minimum atomic E-state index is 0.140. The van der Waals surface area contributed by atoms with E-state index in [2.05, 4.69) is 49.0 Å². The van der Waals surface area contributed by atoms with Crippen LogP contribution in [0, 0.1) is 11.8 Å². The zero-order valence-corrected chi connectivity index (χ0v) is 11.7. The van der Waals surface area contributed by atoms with Gasteiger partial charge < -0.3 is 5.11 Å². The summed E-state index contributed by atoms with van der Waals surface area (Å²) in [7, 11) is 0. The number of aliphatic hydroxyl groups excluding tert-OH is 1. The largest absolute Gasteiger partial charge is 0.395 e. The van der Waals surface area contributed by atoms with Crippen molar-refractivity contribution in [2.24, 2.45) is 0 Å². The monoisotopic (exact) mass is 251 g/mol. The zero-order chi connectivity index (χ0) is 12.7. The molecule has 1 heterocycles. The lowest BCUT2D eigenvalue weighted by molar-refractivity contribution is 0.227. The van der Waals surface area contributed by atoms with Crippen molar-refractivity contribution < 1.29 is 5.11 Å². The molecule has 0 amide bonds. The third kappa shape index (κ3) is 4.91. The molecule has 0 aliphatic heterocycles. The van der Waals surface area contributed by atoms with Crippen molar-refractivity contribution in [2.45, 2.75) is 39.8 Å². The summed E-state index contributed by atoms with van der Waals surface area (Å²) in [4.78, 5) is 3.78. The van der Waals surface area contributed by atoms with Crippen molar-refractivity contribution in [3.05, 3.63) is 21.9 Å². The summed E-state index contributed by atoms with van der Waals surface area (Å²) in [5.74, 6) is 6.02. The summed E-state index contributed by atoms with van der Waals surface area (Å²) in [6.07, 6.45) is 0.554. The van der Waals surface area contributed by atoms with Crippen LogP contribution >= 0.6 is 11.3 Å². The lowest BCUT2D eigenvalue weighted by Crippen LogP contribution is -2.29. The summed E-state index contributed by atoms with van der Waals surface area (Å²) in [6, 6.07) is 2.73. The lowest BCUT2D eigenvalue weighted by atomic mass is 10.2. The first kappa shape index (κ1) is 14.2. The Morgan fingerprint density at radius 3 is 2.82 bits per heavy atom. The fourth-order valence-electron chi connectivity index (χ4n) is 1.61. The molecule has 0 aliphatic carbocycles. The Bertz CT molecular complexity index is 386. The second-order valence-corrected chi connectivity index (χ2v) is 5.23. The molecule has 0 spiro atoms. The van der Waals surface area contributed by atoms with Gasteiger partial charge in [0.05, 0.1) is 6.61 Å². The van der Waals surface area contributed by atoms with Crippen molar-refractivity contribution in [1.29, 1.82) is 0 Å². The third-order valence-corrected chi connectivity index (χ3v) is 3.54. The Balaban J connectivity index is 2.59. The highest BCUT2D eigenvalue weighted by atomic mass is 32.1. The first-order valence-electron chi connectivity index (χ1n) is 6.08. The van der Waals surface area contributed by atoms with Gasteiger partial charge in [0, 0.05) is 34.8 Å². The number of hydrogen-bond donors (Lipinski definition) is 1. The SMILES string of the molecule is CCN(Cc1cc(C#CCCO)cs1)C(C)C. The van der Waals surface area contributed by atoms with Gasteiger partial charge >= 0.3 is 0 Å². The standard InChI is InChI=1S/C14H21NOS/c1-4-15(12(2)3)10-14-9-13(11-17-14)7-5-6-8-16/h9,11-12,16H,4,6,8,10H2,1-3H3. The summed E-state index contributed by atoms with van der Waals surface area (Å²) < 4.78 is 0. The van der Waals surface area contributed by atoms with Crippen LogP contribution in [0.15, 0.2) is 11.4 Å². The fourth-order valence-corrected chi connectivity index (χ4v) is 2.45. The van der Waals surface area contributed by atoms with Crippen molar-refractivity contribution >= 4 is 11.3 Å². The third-order valence-electron chi connectivity index (χ3n) is 2.62. The van der Waals surface area contributed by atoms with Gasteiger partial charge in [-0.05, 0) is 26.5 Å². The molecule has 17 heavy (non-hydrogen) atoms. The first-order valence-corrected chi connectivity index (χ1v) is 6.96. The van der Waals surface area contributed by atoms with E-state index in [1.165, 1.54) is 4.88 Å². The average Bonchev–Trinajstić information content (AvgIpc) is 2.74. The predicted octanol–water partition coefficient (Wildman–Crippen LogP) is 2.71. The Morgan fingerprint density at radius 2 is 2.24 bits per heavy atom. The zero-order valence-electron chi connectivity index (χ0n) is 10.9. The van der Waals surface area contributed by atoms with Crippen LogP contribution < -0.4 is 0 Å². The smallest absolute Gasteiger partial charge is 0.0540 e. The summed E-state index contributed by atoms with van der Waals surface area (Å²) in [5.41, 5.74) is 1.07. The molecular formula is C14H21NOS. The molecule has 0 radical (unpaired) electrons. The molecule has 0 unspecified atom stereocenters. The van der Waals surface area contributed by atoms with Gasteiger partial charge in [-0.25, -0.2) is 0 Å². The van der Waals surface area contributed by atoms with Crippen LogP contribution in [0.1, 0.15) is 37.6 Å². The number of rotatable bonds is 5. The number of hydrogen-bond acceptors (Lipinski definition) is 3. The van der Waals surface area contributed by atoms with Gasteiger partial charge in [0.15, 0.2) is 0 Å². The highest BCUT2D eigenvalue weighted by Crippen LogP contribution is 2.17. The quantitative estimate of drug-likeness (QED) is 0.813. The van der Waals surface area contributed by atoms with Gasteiger partial charge in [0.25, 0.3) is 0 Å².